The first-order valence-electron chi connectivity index (χ1n) is 8.08. The van der Waals surface area contributed by atoms with Gasteiger partial charge >= 0.3 is 0 Å². The van der Waals surface area contributed by atoms with Crippen LogP contribution in [0.15, 0.2) is 32.3 Å². The number of nitrogens with two attached hydrogens (primary N) is 1. The maximum atomic E-state index is 13.4. The van der Waals surface area contributed by atoms with E-state index in [9.17, 15) is 18.0 Å². The van der Waals surface area contributed by atoms with Crippen LogP contribution in [0.1, 0.15) is 25.0 Å². The molecule has 28 heavy (non-hydrogen) atoms. The first kappa shape index (κ1) is 20.6. The first-order chi connectivity index (χ1) is 13.2. The summed E-state index contributed by atoms with van der Waals surface area (Å²) >= 11 is 3.06. The molecule has 2 atom stereocenters. The summed E-state index contributed by atoms with van der Waals surface area (Å²) in [4.78, 5) is 4.17. The molecule has 0 saturated heterocycles. The summed E-state index contributed by atoms with van der Waals surface area (Å²) in [7, 11) is -3.78. The van der Waals surface area contributed by atoms with Crippen LogP contribution in [-0.4, -0.2) is 41.9 Å². The minimum absolute atomic E-state index is 0.0699. The fourth-order valence-corrected chi connectivity index (χ4v) is 3.94. The van der Waals surface area contributed by atoms with Crippen LogP contribution in [0, 0.1) is 5.82 Å². The second-order valence-corrected chi connectivity index (χ2v) is 8.33. The molecule has 0 spiro atoms. The summed E-state index contributed by atoms with van der Waals surface area (Å²) in [6.07, 6.45) is 1.73. The van der Waals surface area contributed by atoms with Crippen LogP contribution in [0.25, 0.3) is 0 Å². The van der Waals surface area contributed by atoms with Crippen LogP contribution in [0.2, 0.25) is 0 Å². The van der Waals surface area contributed by atoms with Gasteiger partial charge in [0.05, 0.1) is 10.2 Å². The highest BCUT2D eigenvalue weighted by Crippen LogP contribution is 2.26. The van der Waals surface area contributed by atoms with Crippen LogP contribution < -0.4 is 20.7 Å². The fourth-order valence-electron chi connectivity index (χ4n) is 2.90. The number of benzene rings is 1. The van der Waals surface area contributed by atoms with Crippen LogP contribution in [0.4, 0.5) is 15.9 Å². The Morgan fingerprint density at radius 2 is 2.11 bits per heavy atom. The van der Waals surface area contributed by atoms with Gasteiger partial charge in [-0.2, -0.15) is 13.1 Å². The number of hydroxylamine groups is 1. The molecule has 1 aromatic heterocycles. The van der Waals surface area contributed by atoms with Gasteiger partial charge in [0, 0.05) is 12.1 Å². The summed E-state index contributed by atoms with van der Waals surface area (Å²) in [5.41, 5.74) is 2.37. The Balaban J connectivity index is 1.75. The van der Waals surface area contributed by atoms with Crippen molar-refractivity contribution in [1.82, 2.24) is 20.5 Å². The smallest absolute Gasteiger partial charge is 0.274 e. The molecule has 1 aliphatic rings. The highest BCUT2D eigenvalue weighted by Gasteiger charge is 2.29. The lowest BCUT2D eigenvalue weighted by Gasteiger charge is -2.13. The number of halogens is 2. The van der Waals surface area contributed by atoms with Crippen LogP contribution >= 0.6 is 15.9 Å². The zero-order valence-electron chi connectivity index (χ0n) is 14.3. The lowest BCUT2D eigenvalue weighted by Crippen LogP contribution is -2.38. The summed E-state index contributed by atoms with van der Waals surface area (Å²) in [6, 6.07) is 3.64. The third-order valence-electron chi connectivity index (χ3n) is 4.07. The van der Waals surface area contributed by atoms with E-state index in [1.165, 1.54) is 18.2 Å². The van der Waals surface area contributed by atoms with E-state index in [1.807, 2.05) is 5.48 Å². The third-order valence-corrected chi connectivity index (χ3v) is 5.34. The van der Waals surface area contributed by atoms with Crippen molar-refractivity contribution in [2.75, 3.05) is 5.32 Å². The van der Waals surface area contributed by atoms with Gasteiger partial charge in [-0.05, 0) is 63.7 Å². The molecule has 14 heteroatoms. The van der Waals surface area contributed by atoms with E-state index >= 15 is 0 Å². The standard InChI is InChI=1S/C14H17BrFN7O4S/c15-10-6-8(3-4-11(10)16)18-13(20-24)12-14(22-27-21-12)19-7-1-2-9(5-7)23-28(17,25)26/h3-4,6-7,9,23-24H,1-2,5H2,(H,18,20)(H,19,22)(H2,17,25,26). The largest absolute Gasteiger partial charge is 0.362 e. The number of hydrogen-bond acceptors (Lipinski definition) is 8. The first-order valence-corrected chi connectivity index (χ1v) is 10.4. The van der Waals surface area contributed by atoms with Gasteiger partial charge in [0.15, 0.2) is 11.5 Å². The molecule has 0 bridgehead atoms. The van der Waals surface area contributed by atoms with E-state index in [4.69, 9.17) is 9.77 Å². The third kappa shape index (κ3) is 5.23. The van der Waals surface area contributed by atoms with Gasteiger partial charge in [-0.3, -0.25) is 10.7 Å². The van der Waals surface area contributed by atoms with Gasteiger partial charge in [0.2, 0.25) is 5.82 Å². The monoisotopic (exact) mass is 477 g/mol. The van der Waals surface area contributed by atoms with Crippen molar-refractivity contribution in [2.45, 2.75) is 31.3 Å². The van der Waals surface area contributed by atoms with Crippen molar-refractivity contribution in [1.29, 1.82) is 0 Å². The Kier molecular flexibility index (Phi) is 6.24. The highest BCUT2D eigenvalue weighted by atomic mass is 79.9. The van der Waals surface area contributed by atoms with E-state index in [-0.39, 0.29) is 33.9 Å². The Labute approximate surface area is 167 Å². The molecule has 1 aliphatic carbocycles. The Bertz CT molecular complexity index is 984. The molecule has 0 aliphatic heterocycles. The molecular formula is C14H17BrFN7O4S. The molecule has 11 nitrogen and oxygen atoms in total. The number of rotatable bonds is 6. The van der Waals surface area contributed by atoms with Gasteiger partial charge in [-0.25, -0.2) is 19.2 Å². The molecule has 0 amide bonds. The van der Waals surface area contributed by atoms with Crippen molar-refractivity contribution in [3.8, 4) is 0 Å². The second-order valence-electron chi connectivity index (χ2n) is 6.15. The maximum Gasteiger partial charge on any atom is 0.274 e. The van der Waals surface area contributed by atoms with Gasteiger partial charge in [0.1, 0.15) is 5.82 Å². The molecule has 1 aromatic carbocycles. The number of amidine groups is 1. The quantitative estimate of drug-likeness (QED) is 0.234. The zero-order chi connectivity index (χ0) is 20.3. The van der Waals surface area contributed by atoms with Crippen molar-refractivity contribution < 1.29 is 22.6 Å². The molecule has 0 radical (unpaired) electrons. The number of nitrogens with one attached hydrogen (secondary N) is 3. The second kappa shape index (κ2) is 8.48. The van der Waals surface area contributed by atoms with Crippen molar-refractivity contribution in [3.63, 3.8) is 0 Å². The van der Waals surface area contributed by atoms with Crippen molar-refractivity contribution in [2.24, 2.45) is 10.1 Å². The highest BCUT2D eigenvalue weighted by molar-refractivity contribution is 9.10. The summed E-state index contributed by atoms with van der Waals surface area (Å²) in [5, 5.41) is 25.0. The minimum Gasteiger partial charge on any atom is -0.362 e. The Hall–Kier alpha value is -2.13. The zero-order valence-corrected chi connectivity index (χ0v) is 16.7. The summed E-state index contributed by atoms with van der Waals surface area (Å²) in [6.45, 7) is 0. The lowest BCUT2D eigenvalue weighted by atomic mass is 10.2. The number of aliphatic imine (C=N–C) groups is 1. The maximum absolute atomic E-state index is 13.4. The normalized spacial score (nSPS) is 20.4. The Morgan fingerprint density at radius 1 is 1.36 bits per heavy atom. The number of anilines is 1. The minimum atomic E-state index is -3.78. The predicted molar refractivity (Wildman–Crippen MR) is 101 cm³/mol. The molecule has 2 unspecified atom stereocenters. The van der Waals surface area contributed by atoms with Crippen LogP contribution in [0.5, 0.6) is 0 Å². The SMILES string of the molecule is NS(=O)(=O)NC1CCC(Nc2nonc2C(=Nc2ccc(F)c(Br)c2)NO)C1. The van der Waals surface area contributed by atoms with Gasteiger partial charge in [-0.15, -0.1) is 0 Å². The van der Waals surface area contributed by atoms with E-state index in [2.05, 4.69) is 41.3 Å². The molecule has 1 fully saturated rings. The molecule has 3 rings (SSSR count). The van der Waals surface area contributed by atoms with Gasteiger partial charge in [0.25, 0.3) is 10.2 Å². The van der Waals surface area contributed by atoms with Gasteiger partial charge < -0.3 is 5.32 Å². The number of nitrogens with zero attached hydrogens (tertiary/aromatic N) is 3. The average molecular weight is 478 g/mol. The van der Waals surface area contributed by atoms with Crippen LogP contribution in [0.3, 0.4) is 0 Å². The molecular weight excluding hydrogens is 461 g/mol. The predicted octanol–water partition coefficient (Wildman–Crippen LogP) is 1.15. The van der Waals surface area contributed by atoms with E-state index in [0.717, 1.165) is 0 Å². The number of aromatic nitrogens is 2. The molecule has 1 saturated carbocycles. The molecule has 2 aromatic rings. The van der Waals surface area contributed by atoms with E-state index in [1.54, 1.807) is 0 Å². The molecule has 152 valence electrons. The number of hydrogen-bond donors (Lipinski definition) is 5. The van der Waals surface area contributed by atoms with Crippen molar-refractivity contribution in [3.05, 3.63) is 34.2 Å². The summed E-state index contributed by atoms with van der Waals surface area (Å²) in [5.74, 6) is -0.311. The van der Waals surface area contributed by atoms with E-state index < -0.39 is 16.0 Å². The average Bonchev–Trinajstić information content (AvgIpc) is 3.24. The van der Waals surface area contributed by atoms with Crippen LogP contribution in [-0.2, 0) is 10.2 Å². The summed E-state index contributed by atoms with van der Waals surface area (Å²) < 4.78 is 42.9. The van der Waals surface area contributed by atoms with E-state index in [0.29, 0.717) is 24.9 Å². The molecule has 1 heterocycles. The van der Waals surface area contributed by atoms with Gasteiger partial charge in [-0.1, -0.05) is 0 Å². The Morgan fingerprint density at radius 3 is 2.79 bits per heavy atom. The molecule has 6 N–H and O–H groups in total. The van der Waals surface area contributed by atoms with Crippen molar-refractivity contribution >= 4 is 43.5 Å². The topological polar surface area (TPSA) is 168 Å². The lowest BCUT2D eigenvalue weighted by molar-refractivity contribution is 0.234. The fraction of sp³-hybridized carbons (Fsp3) is 0.357.